The molecule has 0 saturated heterocycles. The average molecular weight is 268 g/mol. The Morgan fingerprint density at radius 1 is 1.33 bits per heavy atom. The van der Waals surface area contributed by atoms with Gasteiger partial charge in [0.05, 0.1) is 20.0 Å². The fourth-order valence-corrected chi connectivity index (χ4v) is 1.58. The molecule has 0 aliphatic rings. The van der Waals surface area contributed by atoms with Gasteiger partial charge in [-0.2, -0.15) is 0 Å². The van der Waals surface area contributed by atoms with Gasteiger partial charge in [0.2, 0.25) is 6.20 Å². The van der Waals surface area contributed by atoms with Crippen LogP contribution in [0, 0.1) is 10.1 Å². The van der Waals surface area contributed by atoms with Gasteiger partial charge in [-0.3, -0.25) is 10.1 Å². The summed E-state index contributed by atoms with van der Waals surface area (Å²) in [5, 5.41) is 19.7. The molecule has 7 heteroatoms. The Labute approximate surface area is 99.8 Å². The van der Waals surface area contributed by atoms with E-state index in [2.05, 4.69) is 0 Å². The summed E-state index contributed by atoms with van der Waals surface area (Å²) < 4.78 is 0. The number of hydrogen-bond donors (Lipinski definition) is 1. The zero-order valence-electron chi connectivity index (χ0n) is 7.08. The molecule has 0 heterocycles. The Hall–Kier alpha value is -0.970. The number of benzene rings is 1. The number of aromatic hydroxyl groups is 1. The van der Waals surface area contributed by atoms with E-state index in [1.807, 2.05) is 0 Å². The van der Waals surface area contributed by atoms with E-state index in [4.69, 9.17) is 34.8 Å². The fraction of sp³-hybridized carbons (Fsp3) is 0. The first-order valence-corrected chi connectivity index (χ1v) is 4.75. The first kappa shape index (κ1) is 12.1. The van der Waals surface area contributed by atoms with Gasteiger partial charge in [0, 0.05) is 11.6 Å². The summed E-state index contributed by atoms with van der Waals surface area (Å²) in [7, 11) is 0. The van der Waals surface area contributed by atoms with Crippen LogP contribution < -0.4 is 0 Å². The van der Waals surface area contributed by atoms with E-state index in [9.17, 15) is 15.2 Å². The monoisotopic (exact) mass is 267 g/mol. The summed E-state index contributed by atoms with van der Waals surface area (Å²) >= 11 is 17.0. The van der Waals surface area contributed by atoms with Crippen molar-refractivity contribution in [3.63, 3.8) is 0 Å². The molecule has 0 amide bonds. The molecule has 4 nitrogen and oxygen atoms in total. The highest BCUT2D eigenvalue weighted by Crippen LogP contribution is 2.38. The number of hydrogen-bond acceptors (Lipinski definition) is 3. The molecule has 0 atom stereocenters. The van der Waals surface area contributed by atoms with Crippen LogP contribution in [0.5, 0.6) is 5.75 Å². The Morgan fingerprint density at radius 2 is 1.93 bits per heavy atom. The van der Waals surface area contributed by atoms with Crippen molar-refractivity contribution in [1.29, 1.82) is 0 Å². The third-order valence-corrected chi connectivity index (χ3v) is 2.63. The molecular weight excluding hydrogens is 264 g/mol. The van der Waals surface area contributed by atoms with E-state index in [-0.39, 0.29) is 26.4 Å². The second-order valence-electron chi connectivity index (χ2n) is 2.52. The number of nitrogens with zero attached hydrogens (tertiary/aromatic N) is 1. The predicted molar refractivity (Wildman–Crippen MR) is 59.2 cm³/mol. The highest BCUT2D eigenvalue weighted by atomic mass is 35.5. The van der Waals surface area contributed by atoms with Gasteiger partial charge in [-0.15, -0.1) is 0 Å². The summed E-state index contributed by atoms with van der Waals surface area (Å²) in [6.07, 6.45) is 1.66. The van der Waals surface area contributed by atoms with Crippen molar-refractivity contribution in [2.45, 2.75) is 0 Å². The SMILES string of the molecule is O=[N+]([O-])C=Cc1c(O)c(Cl)cc(Cl)c1Cl. The lowest BCUT2D eigenvalue weighted by atomic mass is 10.2. The Balaban J connectivity index is 3.33. The molecule has 0 unspecified atom stereocenters. The lowest BCUT2D eigenvalue weighted by molar-refractivity contribution is -0.400. The van der Waals surface area contributed by atoms with Gasteiger partial charge in [-0.25, -0.2) is 0 Å². The third kappa shape index (κ3) is 2.75. The van der Waals surface area contributed by atoms with Crippen LogP contribution in [0.2, 0.25) is 15.1 Å². The second-order valence-corrected chi connectivity index (χ2v) is 3.71. The van der Waals surface area contributed by atoms with E-state index in [1.165, 1.54) is 6.07 Å². The number of phenolic OH excluding ortho intramolecular Hbond substituents is 1. The number of rotatable bonds is 2. The third-order valence-electron chi connectivity index (χ3n) is 1.54. The number of phenols is 1. The van der Waals surface area contributed by atoms with E-state index in [0.29, 0.717) is 6.20 Å². The Morgan fingerprint density at radius 3 is 2.47 bits per heavy atom. The van der Waals surface area contributed by atoms with Crippen molar-refractivity contribution < 1.29 is 10.0 Å². The fourth-order valence-electron chi connectivity index (χ4n) is 0.892. The maximum Gasteiger partial charge on any atom is 0.235 e. The van der Waals surface area contributed by atoms with Gasteiger partial charge >= 0.3 is 0 Å². The summed E-state index contributed by atoms with van der Waals surface area (Å²) in [5.41, 5.74) is 0.0193. The maximum absolute atomic E-state index is 10.1. The molecule has 1 rings (SSSR count). The van der Waals surface area contributed by atoms with Crippen molar-refractivity contribution in [2.24, 2.45) is 0 Å². The molecule has 80 valence electrons. The predicted octanol–water partition coefficient (Wildman–Crippen LogP) is 3.60. The highest BCUT2D eigenvalue weighted by molar-refractivity contribution is 6.44. The van der Waals surface area contributed by atoms with E-state index < -0.39 is 4.92 Å². The van der Waals surface area contributed by atoms with E-state index in [1.54, 1.807) is 0 Å². The van der Waals surface area contributed by atoms with Crippen molar-refractivity contribution >= 4 is 40.9 Å². The quantitative estimate of drug-likeness (QED) is 0.506. The van der Waals surface area contributed by atoms with Crippen LogP contribution in [0.25, 0.3) is 6.08 Å². The van der Waals surface area contributed by atoms with Gasteiger partial charge in [-0.1, -0.05) is 34.8 Å². The number of halogens is 3. The second kappa shape index (κ2) is 4.70. The van der Waals surface area contributed by atoms with Crippen molar-refractivity contribution in [1.82, 2.24) is 0 Å². The normalized spacial score (nSPS) is 10.9. The van der Waals surface area contributed by atoms with Crippen LogP contribution in [0.3, 0.4) is 0 Å². The topological polar surface area (TPSA) is 63.4 Å². The minimum atomic E-state index is -0.690. The Bertz CT molecular complexity index is 419. The molecule has 0 radical (unpaired) electrons. The van der Waals surface area contributed by atoms with Gasteiger partial charge < -0.3 is 5.11 Å². The lowest BCUT2D eigenvalue weighted by Crippen LogP contribution is -1.85. The molecule has 1 aromatic carbocycles. The van der Waals surface area contributed by atoms with Crippen LogP contribution >= 0.6 is 34.8 Å². The van der Waals surface area contributed by atoms with Gasteiger partial charge in [0.15, 0.2) is 0 Å². The van der Waals surface area contributed by atoms with E-state index >= 15 is 0 Å². The molecule has 0 fully saturated rings. The van der Waals surface area contributed by atoms with Crippen molar-refractivity contribution in [3.8, 4) is 5.75 Å². The minimum absolute atomic E-state index is 0.0108. The van der Waals surface area contributed by atoms with Crippen LogP contribution in [-0.2, 0) is 0 Å². The van der Waals surface area contributed by atoms with Gasteiger partial charge in [0.1, 0.15) is 5.75 Å². The molecule has 1 N–H and O–H groups in total. The Kier molecular flexibility index (Phi) is 3.79. The molecule has 0 bridgehead atoms. The van der Waals surface area contributed by atoms with Crippen LogP contribution in [-0.4, -0.2) is 10.0 Å². The van der Waals surface area contributed by atoms with Crippen LogP contribution in [0.15, 0.2) is 12.3 Å². The van der Waals surface area contributed by atoms with Crippen LogP contribution in [0.1, 0.15) is 5.56 Å². The molecule has 0 saturated carbocycles. The summed E-state index contributed by atoms with van der Waals surface area (Å²) in [6, 6.07) is 1.25. The molecule has 0 aliphatic carbocycles. The summed E-state index contributed by atoms with van der Waals surface area (Å²) in [6.45, 7) is 0. The zero-order chi connectivity index (χ0) is 11.6. The van der Waals surface area contributed by atoms with Crippen molar-refractivity contribution in [2.75, 3.05) is 0 Å². The van der Waals surface area contributed by atoms with Gasteiger partial charge in [0.25, 0.3) is 0 Å². The van der Waals surface area contributed by atoms with E-state index in [0.717, 1.165) is 6.08 Å². The molecule has 0 aromatic heterocycles. The zero-order valence-corrected chi connectivity index (χ0v) is 9.34. The number of nitro groups is 1. The highest BCUT2D eigenvalue weighted by Gasteiger charge is 2.13. The minimum Gasteiger partial charge on any atom is -0.506 e. The first-order chi connectivity index (χ1) is 6.93. The maximum atomic E-state index is 10.1. The first-order valence-electron chi connectivity index (χ1n) is 3.61. The standard InChI is InChI=1S/C8H4Cl3NO3/c9-5-3-6(10)8(13)4(7(5)11)1-2-12(14)15/h1-3,13H. The largest absolute Gasteiger partial charge is 0.506 e. The molecule has 0 aliphatic heterocycles. The van der Waals surface area contributed by atoms with Gasteiger partial charge in [-0.05, 0) is 6.07 Å². The average Bonchev–Trinajstić information content (AvgIpc) is 2.14. The molecule has 0 spiro atoms. The smallest absolute Gasteiger partial charge is 0.235 e. The van der Waals surface area contributed by atoms with Crippen molar-refractivity contribution in [3.05, 3.63) is 43.0 Å². The molecular formula is C8H4Cl3NO3. The lowest BCUT2D eigenvalue weighted by Gasteiger charge is -2.05. The van der Waals surface area contributed by atoms with Crippen LogP contribution in [0.4, 0.5) is 0 Å². The molecule has 1 aromatic rings. The summed E-state index contributed by atoms with van der Waals surface area (Å²) in [4.78, 5) is 9.40. The molecule has 15 heavy (non-hydrogen) atoms. The summed E-state index contributed by atoms with van der Waals surface area (Å²) in [5.74, 6) is -0.343.